The van der Waals surface area contributed by atoms with Gasteiger partial charge < -0.3 is 19.5 Å². The summed E-state index contributed by atoms with van der Waals surface area (Å²) in [6.45, 7) is 2.34. The van der Waals surface area contributed by atoms with E-state index in [0.29, 0.717) is 36.0 Å². The van der Waals surface area contributed by atoms with E-state index in [-0.39, 0.29) is 29.0 Å². The lowest BCUT2D eigenvalue weighted by Gasteiger charge is -2.29. The second-order valence-electron chi connectivity index (χ2n) is 8.93. The number of esters is 1. The Morgan fingerprint density at radius 1 is 0.943 bits per heavy atom. The number of hydrogen-bond acceptors (Lipinski definition) is 7. The van der Waals surface area contributed by atoms with E-state index in [1.54, 1.807) is 18.2 Å². The summed E-state index contributed by atoms with van der Waals surface area (Å²) in [5.74, 6) is -0.849. The van der Waals surface area contributed by atoms with Gasteiger partial charge in [-0.05, 0) is 50.1 Å². The van der Waals surface area contributed by atoms with Crippen LogP contribution in [0.15, 0.2) is 36.4 Å². The lowest BCUT2D eigenvalue weighted by atomic mass is 9.94. The van der Waals surface area contributed by atoms with Crippen LogP contribution in [0.5, 0.6) is 11.5 Å². The van der Waals surface area contributed by atoms with Gasteiger partial charge in [-0.15, -0.1) is 0 Å². The summed E-state index contributed by atoms with van der Waals surface area (Å²) in [5, 5.41) is 2.69. The Bertz CT molecular complexity index is 1200. The minimum atomic E-state index is -1.10. The number of fused-ring (bicyclic) bond motifs is 2. The van der Waals surface area contributed by atoms with E-state index in [2.05, 4.69) is 5.32 Å². The van der Waals surface area contributed by atoms with Crippen molar-refractivity contribution in [3.8, 4) is 11.5 Å². The largest absolute Gasteiger partial charge is 0.486 e. The number of carbonyl (C=O) groups excluding carboxylic acids is 4. The van der Waals surface area contributed by atoms with Gasteiger partial charge in [0.05, 0.1) is 16.7 Å². The van der Waals surface area contributed by atoms with Gasteiger partial charge in [0, 0.05) is 17.8 Å². The summed E-state index contributed by atoms with van der Waals surface area (Å²) in [6, 6.07) is 9.21. The minimum Gasteiger partial charge on any atom is -0.486 e. The SMILES string of the molecule is CC(OC(=O)c1ccc2c(c1)C(=O)N(C1CCCCC1)C2=O)C(=O)Nc1ccc2c(c1)OCCO2. The highest BCUT2D eigenvalue weighted by molar-refractivity contribution is 6.22. The molecule has 1 unspecified atom stereocenters. The zero-order valence-electron chi connectivity index (χ0n) is 19.4. The molecule has 2 heterocycles. The monoisotopic (exact) mass is 478 g/mol. The molecule has 35 heavy (non-hydrogen) atoms. The zero-order valence-corrected chi connectivity index (χ0v) is 19.4. The third-order valence-electron chi connectivity index (χ3n) is 6.56. The van der Waals surface area contributed by atoms with Gasteiger partial charge >= 0.3 is 5.97 Å². The lowest BCUT2D eigenvalue weighted by Crippen LogP contribution is -2.40. The first-order valence-electron chi connectivity index (χ1n) is 11.9. The summed E-state index contributed by atoms with van der Waals surface area (Å²) in [4.78, 5) is 52.5. The van der Waals surface area contributed by atoms with E-state index in [0.717, 1.165) is 32.1 Å². The second kappa shape index (κ2) is 9.40. The number of carbonyl (C=O) groups is 4. The Balaban J connectivity index is 1.24. The van der Waals surface area contributed by atoms with Crippen molar-refractivity contribution in [2.24, 2.45) is 0 Å². The van der Waals surface area contributed by atoms with Crippen LogP contribution in [0.4, 0.5) is 5.69 Å². The molecular weight excluding hydrogens is 452 g/mol. The van der Waals surface area contributed by atoms with Crippen LogP contribution in [-0.4, -0.2) is 54.0 Å². The van der Waals surface area contributed by atoms with Crippen molar-refractivity contribution in [1.82, 2.24) is 4.90 Å². The Hall–Kier alpha value is -3.88. The fraction of sp³-hybridized carbons (Fsp3) is 0.385. The third-order valence-corrected chi connectivity index (χ3v) is 6.56. The van der Waals surface area contributed by atoms with Crippen molar-refractivity contribution in [3.63, 3.8) is 0 Å². The molecule has 2 aromatic rings. The van der Waals surface area contributed by atoms with Crippen LogP contribution in [0, 0.1) is 0 Å². The van der Waals surface area contributed by atoms with Gasteiger partial charge in [0.25, 0.3) is 17.7 Å². The Morgan fingerprint density at radius 2 is 1.66 bits per heavy atom. The van der Waals surface area contributed by atoms with Crippen LogP contribution in [0.25, 0.3) is 0 Å². The number of anilines is 1. The van der Waals surface area contributed by atoms with Gasteiger partial charge in [0.2, 0.25) is 0 Å². The molecule has 2 aromatic carbocycles. The smallest absolute Gasteiger partial charge is 0.338 e. The average Bonchev–Trinajstić information content (AvgIpc) is 3.13. The van der Waals surface area contributed by atoms with E-state index in [1.807, 2.05) is 0 Å². The van der Waals surface area contributed by atoms with E-state index >= 15 is 0 Å². The number of imide groups is 1. The van der Waals surface area contributed by atoms with E-state index in [1.165, 1.54) is 30.0 Å². The summed E-state index contributed by atoms with van der Waals surface area (Å²) < 4.78 is 16.3. The van der Waals surface area contributed by atoms with Gasteiger partial charge in [-0.1, -0.05) is 19.3 Å². The standard InChI is InChI=1S/C26H26N2O7/c1-15(23(29)27-17-8-10-21-22(14-17)34-12-11-33-21)35-26(32)16-7-9-19-20(13-16)25(31)28(24(19)30)18-5-3-2-4-6-18/h7-10,13-15,18H,2-6,11-12H2,1H3,(H,27,29). The van der Waals surface area contributed by atoms with E-state index < -0.39 is 18.0 Å². The molecule has 0 saturated heterocycles. The maximum Gasteiger partial charge on any atom is 0.338 e. The molecule has 1 fully saturated rings. The van der Waals surface area contributed by atoms with Crippen LogP contribution < -0.4 is 14.8 Å². The molecule has 182 valence electrons. The van der Waals surface area contributed by atoms with Crippen LogP contribution in [0.3, 0.4) is 0 Å². The Labute approximate surface area is 202 Å². The molecule has 0 bridgehead atoms. The van der Waals surface area contributed by atoms with Gasteiger partial charge in [0.15, 0.2) is 17.6 Å². The third kappa shape index (κ3) is 4.45. The minimum absolute atomic E-state index is 0.101. The molecule has 1 saturated carbocycles. The molecule has 1 aliphatic carbocycles. The molecule has 0 aromatic heterocycles. The molecule has 1 N–H and O–H groups in total. The summed E-state index contributed by atoms with van der Waals surface area (Å²) in [5.41, 5.74) is 1.07. The fourth-order valence-corrected chi connectivity index (χ4v) is 4.70. The van der Waals surface area contributed by atoms with Crippen LogP contribution in [0.2, 0.25) is 0 Å². The van der Waals surface area contributed by atoms with Crippen molar-refractivity contribution >= 4 is 29.4 Å². The summed E-state index contributed by atoms with van der Waals surface area (Å²) in [7, 11) is 0. The lowest BCUT2D eigenvalue weighted by molar-refractivity contribution is -0.123. The van der Waals surface area contributed by atoms with E-state index in [4.69, 9.17) is 14.2 Å². The molecule has 1 atom stereocenters. The number of hydrogen-bond donors (Lipinski definition) is 1. The predicted molar refractivity (Wildman–Crippen MR) is 125 cm³/mol. The predicted octanol–water partition coefficient (Wildman–Crippen LogP) is 3.57. The van der Waals surface area contributed by atoms with Gasteiger partial charge in [0.1, 0.15) is 13.2 Å². The number of nitrogens with zero attached hydrogens (tertiary/aromatic N) is 1. The van der Waals surface area contributed by atoms with Crippen molar-refractivity contribution in [1.29, 1.82) is 0 Å². The van der Waals surface area contributed by atoms with Crippen LogP contribution in [-0.2, 0) is 9.53 Å². The van der Waals surface area contributed by atoms with E-state index in [9.17, 15) is 19.2 Å². The molecule has 5 rings (SSSR count). The Kier molecular flexibility index (Phi) is 6.15. The quantitative estimate of drug-likeness (QED) is 0.517. The van der Waals surface area contributed by atoms with Crippen LogP contribution >= 0.6 is 0 Å². The van der Waals surface area contributed by atoms with Crippen molar-refractivity contribution in [3.05, 3.63) is 53.1 Å². The number of nitrogens with one attached hydrogen (secondary N) is 1. The first-order valence-corrected chi connectivity index (χ1v) is 11.9. The second-order valence-corrected chi connectivity index (χ2v) is 8.93. The first-order chi connectivity index (χ1) is 16.9. The molecule has 3 amide bonds. The zero-order chi connectivity index (χ0) is 24.5. The van der Waals surface area contributed by atoms with Crippen molar-refractivity contribution in [2.45, 2.75) is 51.2 Å². The molecule has 9 heteroatoms. The van der Waals surface area contributed by atoms with Crippen molar-refractivity contribution < 1.29 is 33.4 Å². The normalized spacial score (nSPS) is 18.1. The molecule has 0 spiro atoms. The van der Waals surface area contributed by atoms with Crippen LogP contribution in [0.1, 0.15) is 70.1 Å². The molecule has 0 radical (unpaired) electrons. The molecule has 2 aliphatic heterocycles. The highest BCUT2D eigenvalue weighted by Gasteiger charge is 2.40. The number of amides is 3. The summed E-state index contributed by atoms with van der Waals surface area (Å²) >= 11 is 0. The molecule has 9 nitrogen and oxygen atoms in total. The maximum atomic E-state index is 13.0. The fourth-order valence-electron chi connectivity index (χ4n) is 4.70. The molecule has 3 aliphatic rings. The molecular formula is C26H26N2O7. The van der Waals surface area contributed by atoms with Crippen molar-refractivity contribution in [2.75, 3.05) is 18.5 Å². The summed E-state index contributed by atoms with van der Waals surface area (Å²) in [6.07, 6.45) is 3.59. The van der Waals surface area contributed by atoms with Gasteiger partial charge in [-0.25, -0.2) is 4.79 Å². The van der Waals surface area contributed by atoms with Gasteiger partial charge in [-0.2, -0.15) is 0 Å². The number of rotatable bonds is 5. The van der Waals surface area contributed by atoms with Gasteiger partial charge in [-0.3, -0.25) is 19.3 Å². The first kappa shape index (κ1) is 22.9. The topological polar surface area (TPSA) is 111 Å². The number of ether oxygens (including phenoxy) is 3. The highest BCUT2D eigenvalue weighted by atomic mass is 16.6. The average molecular weight is 479 g/mol. The number of benzene rings is 2. The highest BCUT2D eigenvalue weighted by Crippen LogP contribution is 2.33. The maximum absolute atomic E-state index is 13.0. The Morgan fingerprint density at radius 3 is 2.43 bits per heavy atom.